The van der Waals surface area contributed by atoms with Crippen molar-refractivity contribution in [2.24, 2.45) is 0 Å². The first-order chi connectivity index (χ1) is 11.6. The molecule has 0 aliphatic carbocycles. The van der Waals surface area contributed by atoms with Crippen molar-refractivity contribution in [1.82, 2.24) is 10.6 Å². The molecule has 0 saturated carbocycles. The minimum atomic E-state index is -1.88. The van der Waals surface area contributed by atoms with Gasteiger partial charge in [-0.3, -0.25) is 19.3 Å². The van der Waals surface area contributed by atoms with E-state index in [1.807, 2.05) is 0 Å². The third-order valence-corrected chi connectivity index (χ3v) is 3.62. The first kappa shape index (κ1) is 18.4. The molecule has 0 spiro atoms. The number of anilines is 1. The lowest BCUT2D eigenvalue weighted by molar-refractivity contribution is -0.153. The highest BCUT2D eigenvalue weighted by atomic mass is 16.6. The van der Waals surface area contributed by atoms with Crippen LogP contribution < -0.4 is 15.5 Å². The highest BCUT2D eigenvalue weighted by Gasteiger charge is 2.52. The predicted octanol–water partition coefficient (Wildman–Crippen LogP) is 0.698. The molecule has 0 aromatic heterocycles. The van der Waals surface area contributed by atoms with Crippen LogP contribution in [0.2, 0.25) is 0 Å². The SMILES string of the molecule is CNC(=O)NC1(C=O)C(=O)N(CC(=O)OC(C)(C)C)c2ccccc21. The van der Waals surface area contributed by atoms with Gasteiger partial charge < -0.3 is 15.4 Å². The summed E-state index contributed by atoms with van der Waals surface area (Å²) in [6, 6.07) is 5.80. The van der Waals surface area contributed by atoms with Crippen molar-refractivity contribution < 1.29 is 23.9 Å². The molecule has 3 amide bonds. The van der Waals surface area contributed by atoms with E-state index in [0.717, 1.165) is 4.90 Å². The average Bonchev–Trinajstić information content (AvgIpc) is 2.76. The molecule has 134 valence electrons. The fourth-order valence-electron chi connectivity index (χ4n) is 2.65. The molecule has 1 unspecified atom stereocenters. The van der Waals surface area contributed by atoms with Gasteiger partial charge in [0.25, 0.3) is 5.91 Å². The number of ether oxygens (including phenoxy) is 1. The van der Waals surface area contributed by atoms with Gasteiger partial charge in [0.05, 0.1) is 5.69 Å². The second-order valence-corrected chi connectivity index (χ2v) is 6.62. The smallest absolute Gasteiger partial charge is 0.326 e. The number of esters is 1. The van der Waals surface area contributed by atoms with Gasteiger partial charge in [0.2, 0.25) is 5.54 Å². The normalized spacial score (nSPS) is 19.2. The first-order valence-electron chi connectivity index (χ1n) is 7.74. The van der Waals surface area contributed by atoms with Crippen LogP contribution in [-0.4, -0.2) is 43.4 Å². The molecule has 2 rings (SSSR count). The molecule has 1 aliphatic heterocycles. The van der Waals surface area contributed by atoms with Crippen molar-refractivity contribution in [2.75, 3.05) is 18.5 Å². The van der Waals surface area contributed by atoms with E-state index in [9.17, 15) is 19.2 Å². The zero-order valence-corrected chi connectivity index (χ0v) is 14.6. The van der Waals surface area contributed by atoms with E-state index in [-0.39, 0.29) is 6.54 Å². The Labute approximate surface area is 145 Å². The zero-order valence-electron chi connectivity index (χ0n) is 14.6. The van der Waals surface area contributed by atoms with Crippen LogP contribution in [0.5, 0.6) is 0 Å². The van der Waals surface area contributed by atoms with Crippen molar-refractivity contribution in [3.05, 3.63) is 29.8 Å². The van der Waals surface area contributed by atoms with Gasteiger partial charge in [0.15, 0.2) is 6.29 Å². The summed E-state index contributed by atoms with van der Waals surface area (Å²) in [6.45, 7) is 4.78. The number of para-hydroxylation sites is 1. The number of nitrogens with one attached hydrogen (secondary N) is 2. The molecule has 0 bridgehead atoms. The number of hydrogen-bond acceptors (Lipinski definition) is 5. The number of urea groups is 1. The minimum Gasteiger partial charge on any atom is -0.459 e. The van der Waals surface area contributed by atoms with Crippen LogP contribution in [0.1, 0.15) is 26.3 Å². The molecule has 1 heterocycles. The fraction of sp³-hybridized carbons (Fsp3) is 0.412. The van der Waals surface area contributed by atoms with Gasteiger partial charge >= 0.3 is 12.0 Å². The third-order valence-electron chi connectivity index (χ3n) is 3.62. The Morgan fingerprint density at radius 2 is 1.92 bits per heavy atom. The van der Waals surface area contributed by atoms with Gasteiger partial charge in [0.1, 0.15) is 12.1 Å². The number of hydrogen-bond donors (Lipinski definition) is 2. The first-order valence-corrected chi connectivity index (χ1v) is 7.74. The second-order valence-electron chi connectivity index (χ2n) is 6.62. The molecule has 2 N–H and O–H groups in total. The van der Waals surface area contributed by atoms with Crippen LogP contribution in [0.4, 0.5) is 10.5 Å². The standard InChI is InChI=1S/C17H21N3O5/c1-16(2,3)25-13(22)9-20-12-8-6-5-7-11(12)17(10-21,14(20)23)19-15(24)18-4/h5-8,10H,9H2,1-4H3,(H2,18,19,24). The summed E-state index contributed by atoms with van der Waals surface area (Å²) in [6.07, 6.45) is 0.374. The van der Waals surface area contributed by atoms with Gasteiger partial charge in [-0.05, 0) is 26.8 Å². The summed E-state index contributed by atoms with van der Waals surface area (Å²) in [5, 5.41) is 4.71. The van der Waals surface area contributed by atoms with Crippen LogP contribution >= 0.6 is 0 Å². The second kappa shape index (κ2) is 6.54. The Bertz CT molecular complexity index is 725. The van der Waals surface area contributed by atoms with E-state index in [2.05, 4.69) is 10.6 Å². The van der Waals surface area contributed by atoms with Gasteiger partial charge in [-0.15, -0.1) is 0 Å². The molecule has 1 aromatic rings. The number of carbonyl (C=O) groups is 4. The quantitative estimate of drug-likeness (QED) is 0.474. The van der Waals surface area contributed by atoms with Crippen molar-refractivity contribution in [1.29, 1.82) is 0 Å². The highest BCUT2D eigenvalue weighted by Crippen LogP contribution is 2.39. The molecule has 0 fully saturated rings. The lowest BCUT2D eigenvalue weighted by Gasteiger charge is -2.25. The summed E-state index contributed by atoms with van der Waals surface area (Å²) >= 11 is 0. The summed E-state index contributed by atoms with van der Waals surface area (Å²) < 4.78 is 5.25. The maximum atomic E-state index is 12.9. The maximum absolute atomic E-state index is 12.9. The molecule has 1 aromatic carbocycles. The fourth-order valence-corrected chi connectivity index (χ4v) is 2.65. The summed E-state index contributed by atoms with van der Waals surface area (Å²) in [4.78, 5) is 49.8. The molecular formula is C17H21N3O5. The molecule has 25 heavy (non-hydrogen) atoms. The van der Waals surface area contributed by atoms with Crippen molar-refractivity contribution in [3.8, 4) is 0 Å². The van der Waals surface area contributed by atoms with Crippen molar-refractivity contribution in [3.63, 3.8) is 0 Å². The van der Waals surface area contributed by atoms with E-state index in [4.69, 9.17) is 4.74 Å². The Morgan fingerprint density at radius 1 is 1.28 bits per heavy atom. The van der Waals surface area contributed by atoms with E-state index in [1.165, 1.54) is 7.05 Å². The van der Waals surface area contributed by atoms with Crippen LogP contribution in [0, 0.1) is 0 Å². The molecule has 0 saturated heterocycles. The summed E-state index contributed by atoms with van der Waals surface area (Å²) in [5.41, 5.74) is -1.90. The van der Waals surface area contributed by atoms with Crippen molar-refractivity contribution in [2.45, 2.75) is 31.9 Å². The van der Waals surface area contributed by atoms with Gasteiger partial charge in [-0.1, -0.05) is 18.2 Å². The Balaban J connectivity index is 2.41. The van der Waals surface area contributed by atoms with Crippen LogP contribution in [0.15, 0.2) is 24.3 Å². The van der Waals surface area contributed by atoms with Crippen LogP contribution in [-0.2, 0) is 24.7 Å². The number of amides is 3. The molecule has 1 atom stereocenters. The molecular weight excluding hydrogens is 326 g/mol. The number of aldehydes is 1. The van der Waals surface area contributed by atoms with E-state index >= 15 is 0 Å². The van der Waals surface area contributed by atoms with Crippen LogP contribution in [0.3, 0.4) is 0 Å². The Hall–Kier alpha value is -2.90. The number of rotatable bonds is 4. The minimum absolute atomic E-state index is 0.308. The molecule has 1 aliphatic rings. The Kier molecular flexibility index (Phi) is 4.82. The van der Waals surface area contributed by atoms with E-state index in [0.29, 0.717) is 17.5 Å². The maximum Gasteiger partial charge on any atom is 0.326 e. The highest BCUT2D eigenvalue weighted by molar-refractivity contribution is 6.19. The largest absolute Gasteiger partial charge is 0.459 e. The van der Waals surface area contributed by atoms with Gasteiger partial charge in [-0.2, -0.15) is 0 Å². The predicted molar refractivity (Wildman–Crippen MR) is 90.0 cm³/mol. The van der Waals surface area contributed by atoms with E-state index in [1.54, 1.807) is 45.0 Å². The number of fused-ring (bicyclic) bond motifs is 1. The summed E-state index contributed by atoms with van der Waals surface area (Å²) in [7, 11) is 1.37. The van der Waals surface area contributed by atoms with E-state index < -0.39 is 29.0 Å². The molecule has 8 nitrogen and oxygen atoms in total. The number of benzene rings is 1. The lowest BCUT2D eigenvalue weighted by atomic mass is 9.93. The summed E-state index contributed by atoms with van der Waals surface area (Å²) in [5.74, 6) is -1.32. The number of nitrogens with zero attached hydrogens (tertiary/aromatic N) is 1. The monoisotopic (exact) mass is 347 g/mol. The zero-order chi connectivity index (χ0) is 18.8. The third kappa shape index (κ3) is 3.47. The lowest BCUT2D eigenvalue weighted by Crippen LogP contribution is -2.56. The molecule has 0 radical (unpaired) electrons. The van der Waals surface area contributed by atoms with Gasteiger partial charge in [0, 0.05) is 12.6 Å². The Morgan fingerprint density at radius 3 is 2.48 bits per heavy atom. The van der Waals surface area contributed by atoms with Crippen molar-refractivity contribution >= 4 is 29.9 Å². The topological polar surface area (TPSA) is 105 Å². The average molecular weight is 347 g/mol. The molecule has 8 heteroatoms. The number of carbonyl (C=O) groups excluding carboxylic acids is 4. The van der Waals surface area contributed by atoms with Crippen LogP contribution in [0.25, 0.3) is 0 Å². The van der Waals surface area contributed by atoms with Gasteiger partial charge in [-0.25, -0.2) is 4.79 Å².